The third-order valence-corrected chi connectivity index (χ3v) is 4.00. The van der Waals surface area contributed by atoms with E-state index in [1.165, 1.54) is 6.07 Å². The van der Waals surface area contributed by atoms with Crippen LogP contribution in [-0.4, -0.2) is 5.97 Å². The topological polar surface area (TPSA) is 26.3 Å². The Bertz CT molecular complexity index is 871. The lowest BCUT2D eigenvalue weighted by molar-refractivity contribution is 0.0735. The highest BCUT2D eigenvalue weighted by Crippen LogP contribution is 2.31. The minimum absolute atomic E-state index is 0.0712. The molecule has 0 saturated heterocycles. The average Bonchev–Trinajstić information content (AvgIpc) is 2.59. The third-order valence-electron chi connectivity index (χ3n) is 3.61. The van der Waals surface area contributed by atoms with E-state index in [2.05, 4.69) is 0 Å². The van der Waals surface area contributed by atoms with Crippen LogP contribution in [0.15, 0.2) is 66.7 Å². The lowest BCUT2D eigenvalue weighted by Gasteiger charge is -2.08. The lowest BCUT2D eigenvalue weighted by Crippen LogP contribution is -2.08. The maximum Gasteiger partial charge on any atom is 0.343 e. The van der Waals surface area contributed by atoms with Gasteiger partial charge < -0.3 is 4.74 Å². The molecule has 0 N–H and O–H groups in total. The van der Waals surface area contributed by atoms with Crippen LogP contribution in [0.3, 0.4) is 0 Å². The first kappa shape index (κ1) is 16.2. The molecule has 0 unspecified atom stereocenters. The number of aryl methyl sites for hydroxylation is 1. The van der Waals surface area contributed by atoms with Crippen molar-refractivity contribution in [2.45, 2.75) is 6.92 Å². The Balaban J connectivity index is 1.78. The van der Waals surface area contributed by atoms with Gasteiger partial charge in [-0.2, -0.15) is 0 Å². The van der Waals surface area contributed by atoms with Crippen LogP contribution in [0.25, 0.3) is 11.1 Å². The van der Waals surface area contributed by atoms with Gasteiger partial charge in [-0.05, 0) is 42.8 Å². The van der Waals surface area contributed by atoms with Gasteiger partial charge in [0.25, 0.3) is 0 Å². The van der Waals surface area contributed by atoms with Gasteiger partial charge in [-0.3, -0.25) is 0 Å². The van der Waals surface area contributed by atoms with E-state index in [4.69, 9.17) is 16.3 Å². The summed E-state index contributed by atoms with van der Waals surface area (Å²) in [6.45, 7) is 1.95. The van der Waals surface area contributed by atoms with Crippen LogP contribution in [-0.2, 0) is 0 Å². The standard InChI is InChI=1S/C20H14ClFO2/c1-13-5-7-15(8-6-13)20(23)24-16-11-9-14(10-12-16)17-3-2-4-18(22)19(17)21/h2-12H,1H3. The van der Waals surface area contributed by atoms with Crippen LogP contribution >= 0.6 is 11.6 Å². The number of hydrogen-bond acceptors (Lipinski definition) is 2. The third kappa shape index (κ3) is 3.47. The Kier molecular flexibility index (Phi) is 4.63. The molecule has 0 atom stereocenters. The van der Waals surface area contributed by atoms with Crippen LogP contribution in [0.2, 0.25) is 5.02 Å². The number of ether oxygens (including phenoxy) is 1. The molecule has 4 heteroatoms. The number of hydrogen-bond donors (Lipinski definition) is 0. The van der Waals surface area contributed by atoms with E-state index in [-0.39, 0.29) is 5.02 Å². The van der Waals surface area contributed by atoms with E-state index in [0.29, 0.717) is 16.9 Å². The molecule has 0 amide bonds. The summed E-state index contributed by atoms with van der Waals surface area (Å²) in [6.07, 6.45) is 0. The zero-order valence-electron chi connectivity index (χ0n) is 12.9. The summed E-state index contributed by atoms with van der Waals surface area (Å²) in [6, 6.07) is 18.6. The van der Waals surface area contributed by atoms with Gasteiger partial charge in [-0.1, -0.05) is 53.6 Å². The predicted octanol–water partition coefficient (Wildman–Crippen LogP) is 5.67. The monoisotopic (exact) mass is 340 g/mol. The molecular weight excluding hydrogens is 327 g/mol. The first-order chi connectivity index (χ1) is 11.5. The predicted molar refractivity (Wildman–Crippen MR) is 93.0 cm³/mol. The van der Waals surface area contributed by atoms with Crippen molar-refractivity contribution in [3.05, 3.63) is 88.7 Å². The second-order valence-corrected chi connectivity index (χ2v) is 5.76. The van der Waals surface area contributed by atoms with Crippen LogP contribution in [0.5, 0.6) is 5.75 Å². The highest BCUT2D eigenvalue weighted by atomic mass is 35.5. The molecule has 0 bridgehead atoms. The summed E-state index contributed by atoms with van der Waals surface area (Å²) in [4.78, 5) is 12.1. The number of esters is 1. The van der Waals surface area contributed by atoms with Gasteiger partial charge >= 0.3 is 5.97 Å². The van der Waals surface area contributed by atoms with Gasteiger partial charge in [0.2, 0.25) is 0 Å². The average molecular weight is 341 g/mol. The van der Waals surface area contributed by atoms with Crippen molar-refractivity contribution >= 4 is 17.6 Å². The fraction of sp³-hybridized carbons (Fsp3) is 0.0500. The Hall–Kier alpha value is -2.65. The van der Waals surface area contributed by atoms with Gasteiger partial charge in [0.1, 0.15) is 11.6 Å². The number of benzene rings is 3. The highest BCUT2D eigenvalue weighted by Gasteiger charge is 2.10. The first-order valence-corrected chi connectivity index (χ1v) is 7.76. The van der Waals surface area contributed by atoms with E-state index >= 15 is 0 Å². The number of carbonyl (C=O) groups excluding carboxylic acids is 1. The van der Waals surface area contributed by atoms with E-state index < -0.39 is 11.8 Å². The molecular formula is C20H14ClFO2. The van der Waals surface area contributed by atoms with Crippen LogP contribution in [0.1, 0.15) is 15.9 Å². The van der Waals surface area contributed by atoms with Crippen LogP contribution < -0.4 is 4.74 Å². The zero-order valence-corrected chi connectivity index (χ0v) is 13.7. The van der Waals surface area contributed by atoms with Crippen molar-refractivity contribution in [3.63, 3.8) is 0 Å². The molecule has 0 spiro atoms. The first-order valence-electron chi connectivity index (χ1n) is 7.38. The molecule has 3 aromatic carbocycles. The summed E-state index contributed by atoms with van der Waals surface area (Å²) < 4.78 is 18.9. The van der Waals surface area contributed by atoms with Gasteiger partial charge in [0.05, 0.1) is 10.6 Å². The lowest BCUT2D eigenvalue weighted by atomic mass is 10.1. The largest absolute Gasteiger partial charge is 0.423 e. The molecule has 0 heterocycles. The SMILES string of the molecule is Cc1ccc(C(=O)Oc2ccc(-c3cccc(F)c3Cl)cc2)cc1. The molecule has 0 aliphatic carbocycles. The van der Waals surface area contributed by atoms with Gasteiger partial charge in [-0.25, -0.2) is 9.18 Å². The van der Waals surface area contributed by atoms with Crippen molar-refractivity contribution in [1.29, 1.82) is 0 Å². The van der Waals surface area contributed by atoms with Crippen molar-refractivity contribution in [3.8, 4) is 16.9 Å². The number of rotatable bonds is 3. The maximum absolute atomic E-state index is 13.5. The Morgan fingerprint density at radius 2 is 1.62 bits per heavy atom. The molecule has 24 heavy (non-hydrogen) atoms. The van der Waals surface area contributed by atoms with Crippen LogP contribution in [0, 0.1) is 12.7 Å². The van der Waals surface area contributed by atoms with Crippen molar-refractivity contribution in [1.82, 2.24) is 0 Å². The normalized spacial score (nSPS) is 10.5. The minimum atomic E-state index is -0.468. The van der Waals surface area contributed by atoms with E-state index in [9.17, 15) is 9.18 Å². The number of halogens is 2. The molecule has 0 saturated carbocycles. The molecule has 3 aromatic rings. The zero-order chi connectivity index (χ0) is 17.1. The molecule has 0 radical (unpaired) electrons. The summed E-state index contributed by atoms with van der Waals surface area (Å²) in [7, 11) is 0. The fourth-order valence-corrected chi connectivity index (χ4v) is 2.52. The smallest absolute Gasteiger partial charge is 0.343 e. The van der Waals surface area contributed by atoms with E-state index in [0.717, 1.165) is 11.1 Å². The highest BCUT2D eigenvalue weighted by molar-refractivity contribution is 6.33. The Labute approximate surface area is 144 Å². The Morgan fingerprint density at radius 1 is 0.958 bits per heavy atom. The van der Waals surface area contributed by atoms with Gasteiger partial charge in [0.15, 0.2) is 0 Å². The van der Waals surface area contributed by atoms with Crippen molar-refractivity contribution < 1.29 is 13.9 Å². The molecule has 2 nitrogen and oxygen atoms in total. The summed E-state index contributed by atoms with van der Waals surface area (Å²) in [5, 5.41) is 0.0712. The molecule has 0 fully saturated rings. The van der Waals surface area contributed by atoms with Crippen molar-refractivity contribution in [2.75, 3.05) is 0 Å². The molecule has 0 aliphatic rings. The minimum Gasteiger partial charge on any atom is -0.423 e. The van der Waals surface area contributed by atoms with Crippen molar-refractivity contribution in [2.24, 2.45) is 0 Å². The quantitative estimate of drug-likeness (QED) is 0.453. The molecule has 0 aliphatic heterocycles. The second kappa shape index (κ2) is 6.85. The summed E-state index contributed by atoms with van der Waals surface area (Å²) >= 11 is 5.98. The van der Waals surface area contributed by atoms with E-state index in [1.807, 2.05) is 19.1 Å². The summed E-state index contributed by atoms with van der Waals surface area (Å²) in [5.41, 5.74) is 2.89. The maximum atomic E-state index is 13.5. The molecule has 3 rings (SSSR count). The molecule has 0 aromatic heterocycles. The second-order valence-electron chi connectivity index (χ2n) is 5.38. The fourth-order valence-electron chi connectivity index (χ4n) is 2.28. The summed E-state index contributed by atoms with van der Waals surface area (Å²) in [5.74, 6) is -0.479. The Morgan fingerprint density at radius 3 is 2.29 bits per heavy atom. The number of carbonyl (C=O) groups is 1. The molecule has 120 valence electrons. The van der Waals surface area contributed by atoms with Gasteiger partial charge in [-0.15, -0.1) is 0 Å². The van der Waals surface area contributed by atoms with Crippen LogP contribution in [0.4, 0.5) is 4.39 Å². The van der Waals surface area contributed by atoms with E-state index in [1.54, 1.807) is 48.5 Å². The van der Waals surface area contributed by atoms with Gasteiger partial charge in [0, 0.05) is 5.56 Å².